The largest absolute Gasteiger partial charge is 0.309 e. The van der Waals surface area contributed by atoms with E-state index in [1.165, 1.54) is 11.1 Å². The van der Waals surface area contributed by atoms with Crippen molar-refractivity contribution < 1.29 is 0 Å². The summed E-state index contributed by atoms with van der Waals surface area (Å²) in [7, 11) is 0. The van der Waals surface area contributed by atoms with Crippen LogP contribution in [0, 0.1) is 0 Å². The summed E-state index contributed by atoms with van der Waals surface area (Å²) in [5.41, 5.74) is 2.59. The lowest BCUT2D eigenvalue weighted by atomic mass is 10.0. The van der Waals surface area contributed by atoms with Crippen LogP contribution in [0.5, 0.6) is 0 Å². The Labute approximate surface area is 125 Å². The van der Waals surface area contributed by atoms with Gasteiger partial charge in [-0.05, 0) is 36.2 Å². The maximum Gasteiger partial charge on any atom is 0.0476 e. The molecule has 1 aliphatic rings. The number of rotatable bonds is 4. The van der Waals surface area contributed by atoms with Crippen LogP contribution in [0.4, 0.5) is 0 Å². The van der Waals surface area contributed by atoms with Gasteiger partial charge in [0.25, 0.3) is 0 Å². The smallest absolute Gasteiger partial charge is 0.0476 e. The van der Waals surface area contributed by atoms with Gasteiger partial charge in [0.1, 0.15) is 0 Å². The molecule has 1 aliphatic heterocycles. The Morgan fingerprint density at radius 1 is 1.10 bits per heavy atom. The summed E-state index contributed by atoms with van der Waals surface area (Å²) in [6, 6.07) is 19.6. The van der Waals surface area contributed by atoms with Crippen molar-refractivity contribution in [1.82, 2.24) is 10.6 Å². The van der Waals surface area contributed by atoms with E-state index in [-0.39, 0.29) is 0 Å². The summed E-state index contributed by atoms with van der Waals surface area (Å²) in [6.45, 7) is 1.92. The average molecular weight is 287 g/mol. The molecule has 2 atom stereocenters. The Balaban J connectivity index is 1.65. The molecule has 2 aromatic rings. The highest BCUT2D eigenvalue weighted by atomic mass is 35.5. The van der Waals surface area contributed by atoms with Crippen LogP contribution in [0.3, 0.4) is 0 Å². The fraction of sp³-hybridized carbons (Fsp3) is 0.294. The van der Waals surface area contributed by atoms with Crippen molar-refractivity contribution in [2.45, 2.75) is 25.0 Å². The lowest BCUT2D eigenvalue weighted by Gasteiger charge is -2.21. The first-order chi connectivity index (χ1) is 9.83. The van der Waals surface area contributed by atoms with Crippen molar-refractivity contribution in [1.29, 1.82) is 0 Å². The van der Waals surface area contributed by atoms with E-state index in [1.807, 2.05) is 18.2 Å². The molecular formula is C17H19ClN2. The second-order valence-electron chi connectivity index (χ2n) is 5.25. The number of halogens is 1. The maximum absolute atomic E-state index is 6.02. The van der Waals surface area contributed by atoms with Crippen molar-refractivity contribution in [3.05, 3.63) is 70.7 Å². The predicted octanol–water partition coefficient (Wildman–Crippen LogP) is 3.53. The van der Waals surface area contributed by atoms with Gasteiger partial charge >= 0.3 is 0 Å². The fourth-order valence-corrected chi connectivity index (χ4v) is 3.04. The van der Waals surface area contributed by atoms with Crippen molar-refractivity contribution in [3.8, 4) is 0 Å². The third-order valence-corrected chi connectivity index (χ3v) is 4.07. The Hall–Kier alpha value is -1.35. The van der Waals surface area contributed by atoms with Crippen LogP contribution in [0.15, 0.2) is 54.6 Å². The number of nitrogens with one attached hydrogen (secondary N) is 2. The minimum absolute atomic E-state index is 0.399. The molecule has 0 radical (unpaired) electrons. The van der Waals surface area contributed by atoms with Gasteiger partial charge in [0.05, 0.1) is 0 Å². The van der Waals surface area contributed by atoms with Gasteiger partial charge in [-0.15, -0.1) is 0 Å². The highest BCUT2D eigenvalue weighted by Crippen LogP contribution is 2.24. The summed E-state index contributed by atoms with van der Waals surface area (Å²) in [5.74, 6) is 0. The minimum Gasteiger partial charge on any atom is -0.309 e. The fourth-order valence-electron chi connectivity index (χ4n) is 2.83. The molecule has 2 nitrogen and oxygen atoms in total. The molecule has 1 saturated heterocycles. The van der Waals surface area contributed by atoms with Crippen LogP contribution in [0.25, 0.3) is 0 Å². The SMILES string of the molecule is Clc1cccc(CN[C@H]2CCN[C@@H]2c2ccccc2)c1. The lowest BCUT2D eigenvalue weighted by Crippen LogP contribution is -2.33. The zero-order chi connectivity index (χ0) is 13.8. The highest BCUT2D eigenvalue weighted by molar-refractivity contribution is 6.30. The summed E-state index contributed by atoms with van der Waals surface area (Å²) in [5, 5.41) is 8.03. The maximum atomic E-state index is 6.02. The van der Waals surface area contributed by atoms with E-state index in [0.29, 0.717) is 12.1 Å². The minimum atomic E-state index is 0.399. The molecule has 2 N–H and O–H groups in total. The summed E-state index contributed by atoms with van der Waals surface area (Å²) in [6.07, 6.45) is 1.15. The third kappa shape index (κ3) is 3.21. The number of benzene rings is 2. The number of hydrogen-bond acceptors (Lipinski definition) is 2. The van der Waals surface area contributed by atoms with E-state index in [1.54, 1.807) is 0 Å². The van der Waals surface area contributed by atoms with Gasteiger partial charge in [-0.2, -0.15) is 0 Å². The summed E-state index contributed by atoms with van der Waals surface area (Å²) < 4.78 is 0. The first kappa shape index (κ1) is 13.6. The molecule has 0 aliphatic carbocycles. The molecular weight excluding hydrogens is 268 g/mol. The Morgan fingerprint density at radius 2 is 1.95 bits per heavy atom. The molecule has 0 aromatic heterocycles. The lowest BCUT2D eigenvalue weighted by molar-refractivity contribution is 0.461. The molecule has 3 rings (SSSR count). The monoisotopic (exact) mass is 286 g/mol. The molecule has 0 bridgehead atoms. The van der Waals surface area contributed by atoms with E-state index in [9.17, 15) is 0 Å². The van der Waals surface area contributed by atoms with E-state index in [4.69, 9.17) is 11.6 Å². The van der Waals surface area contributed by atoms with Gasteiger partial charge in [0.15, 0.2) is 0 Å². The standard InChI is InChI=1S/C17H19ClN2/c18-15-8-4-5-13(11-15)12-20-16-9-10-19-17(16)14-6-2-1-3-7-14/h1-8,11,16-17,19-20H,9-10,12H2/t16-,17+/m0/s1. The summed E-state index contributed by atoms with van der Waals surface area (Å²) in [4.78, 5) is 0. The van der Waals surface area contributed by atoms with Crippen LogP contribution in [0.1, 0.15) is 23.6 Å². The van der Waals surface area contributed by atoms with Crippen molar-refractivity contribution in [2.75, 3.05) is 6.54 Å². The van der Waals surface area contributed by atoms with E-state index < -0.39 is 0 Å². The van der Waals surface area contributed by atoms with Gasteiger partial charge in [0, 0.05) is 23.7 Å². The Morgan fingerprint density at radius 3 is 2.75 bits per heavy atom. The number of hydrogen-bond donors (Lipinski definition) is 2. The van der Waals surface area contributed by atoms with Gasteiger partial charge in [-0.25, -0.2) is 0 Å². The van der Waals surface area contributed by atoms with Crippen LogP contribution >= 0.6 is 11.6 Å². The van der Waals surface area contributed by atoms with Crippen molar-refractivity contribution >= 4 is 11.6 Å². The zero-order valence-electron chi connectivity index (χ0n) is 11.4. The average Bonchev–Trinajstić information content (AvgIpc) is 2.95. The first-order valence-corrected chi connectivity index (χ1v) is 7.47. The normalized spacial score (nSPS) is 22.1. The predicted molar refractivity (Wildman–Crippen MR) is 83.9 cm³/mol. The molecule has 104 valence electrons. The Kier molecular flexibility index (Phi) is 4.36. The summed E-state index contributed by atoms with van der Waals surface area (Å²) >= 11 is 6.02. The molecule has 0 unspecified atom stereocenters. The second-order valence-corrected chi connectivity index (χ2v) is 5.68. The van der Waals surface area contributed by atoms with Crippen molar-refractivity contribution in [3.63, 3.8) is 0 Å². The zero-order valence-corrected chi connectivity index (χ0v) is 12.1. The van der Waals surface area contributed by atoms with Crippen molar-refractivity contribution in [2.24, 2.45) is 0 Å². The van der Waals surface area contributed by atoms with Crippen LogP contribution < -0.4 is 10.6 Å². The molecule has 3 heteroatoms. The molecule has 1 fully saturated rings. The van der Waals surface area contributed by atoms with Crippen LogP contribution in [-0.4, -0.2) is 12.6 Å². The molecule has 0 saturated carbocycles. The van der Waals surface area contributed by atoms with Gasteiger partial charge < -0.3 is 10.6 Å². The molecule has 1 heterocycles. The van der Waals surface area contributed by atoms with Gasteiger partial charge in [-0.3, -0.25) is 0 Å². The van der Waals surface area contributed by atoms with E-state index >= 15 is 0 Å². The van der Waals surface area contributed by atoms with Crippen LogP contribution in [0.2, 0.25) is 5.02 Å². The first-order valence-electron chi connectivity index (χ1n) is 7.09. The quantitative estimate of drug-likeness (QED) is 0.898. The highest BCUT2D eigenvalue weighted by Gasteiger charge is 2.27. The molecule has 2 aromatic carbocycles. The van der Waals surface area contributed by atoms with Crippen LogP contribution in [-0.2, 0) is 6.54 Å². The van der Waals surface area contributed by atoms with Gasteiger partial charge in [0.2, 0.25) is 0 Å². The molecule has 20 heavy (non-hydrogen) atoms. The van der Waals surface area contributed by atoms with Gasteiger partial charge in [-0.1, -0.05) is 54.1 Å². The molecule has 0 spiro atoms. The Bertz CT molecular complexity index is 556. The second kappa shape index (κ2) is 6.40. The molecule has 0 amide bonds. The topological polar surface area (TPSA) is 24.1 Å². The third-order valence-electron chi connectivity index (χ3n) is 3.84. The van der Waals surface area contributed by atoms with E-state index in [2.05, 4.69) is 47.0 Å². The van der Waals surface area contributed by atoms with E-state index in [0.717, 1.165) is 24.5 Å².